The highest BCUT2D eigenvalue weighted by atomic mass is 19.4. The van der Waals surface area contributed by atoms with Crippen LogP contribution in [0.15, 0.2) is 24.4 Å². The first-order valence-corrected chi connectivity index (χ1v) is 6.32. The third kappa shape index (κ3) is 2.34. The Labute approximate surface area is 127 Å². The summed E-state index contributed by atoms with van der Waals surface area (Å²) in [5.74, 6) is -0.859. The number of aromatic nitrogens is 4. The van der Waals surface area contributed by atoms with E-state index >= 15 is 0 Å². The number of hydrogen-bond donors (Lipinski definition) is 1. The highest BCUT2D eigenvalue weighted by Crippen LogP contribution is 2.39. The van der Waals surface area contributed by atoms with E-state index in [0.717, 1.165) is 12.1 Å². The van der Waals surface area contributed by atoms with Crippen molar-refractivity contribution in [2.45, 2.75) is 6.18 Å². The lowest BCUT2D eigenvalue weighted by Gasteiger charge is -2.11. The first-order chi connectivity index (χ1) is 10.8. The van der Waals surface area contributed by atoms with Gasteiger partial charge in [0.05, 0.1) is 5.56 Å². The van der Waals surface area contributed by atoms with Crippen LogP contribution in [-0.4, -0.2) is 25.1 Å². The molecule has 1 N–H and O–H groups in total. The van der Waals surface area contributed by atoms with Crippen LogP contribution in [0.25, 0.3) is 22.2 Å². The SMILES string of the molecule is Cn1nnc2c(C#N)ncc(-c3ccc(O)c(C(F)(F)F)c3)c21. The second kappa shape index (κ2) is 4.95. The number of hydrogen-bond acceptors (Lipinski definition) is 5. The molecule has 2 aromatic heterocycles. The number of aryl methyl sites for hydroxylation is 1. The van der Waals surface area contributed by atoms with Gasteiger partial charge in [-0.15, -0.1) is 5.10 Å². The fraction of sp³-hybridized carbons (Fsp3) is 0.143. The third-order valence-electron chi connectivity index (χ3n) is 3.35. The lowest BCUT2D eigenvalue weighted by molar-refractivity contribution is -0.138. The lowest BCUT2D eigenvalue weighted by atomic mass is 10.0. The zero-order chi connectivity index (χ0) is 16.8. The van der Waals surface area contributed by atoms with Crippen LogP contribution in [0.4, 0.5) is 13.2 Å². The smallest absolute Gasteiger partial charge is 0.419 e. The van der Waals surface area contributed by atoms with Crippen molar-refractivity contribution in [3.63, 3.8) is 0 Å². The average Bonchev–Trinajstić information content (AvgIpc) is 2.88. The number of aromatic hydroxyl groups is 1. The van der Waals surface area contributed by atoms with Gasteiger partial charge in [-0.05, 0) is 17.7 Å². The Hall–Kier alpha value is -3.15. The van der Waals surface area contributed by atoms with Gasteiger partial charge in [0.2, 0.25) is 0 Å². The van der Waals surface area contributed by atoms with E-state index in [2.05, 4.69) is 15.3 Å². The summed E-state index contributed by atoms with van der Waals surface area (Å²) in [4.78, 5) is 3.91. The maximum absolute atomic E-state index is 12.9. The van der Waals surface area contributed by atoms with Crippen molar-refractivity contribution in [3.05, 3.63) is 35.7 Å². The van der Waals surface area contributed by atoms with Crippen LogP contribution in [0.1, 0.15) is 11.3 Å². The topological polar surface area (TPSA) is 87.6 Å². The van der Waals surface area contributed by atoms with Gasteiger partial charge >= 0.3 is 6.18 Å². The number of alkyl halides is 3. The zero-order valence-electron chi connectivity index (χ0n) is 11.6. The summed E-state index contributed by atoms with van der Waals surface area (Å²) in [7, 11) is 1.56. The molecular weight excluding hydrogens is 311 g/mol. The molecule has 0 aliphatic carbocycles. The van der Waals surface area contributed by atoms with Crippen LogP contribution in [0, 0.1) is 11.3 Å². The second-order valence-electron chi connectivity index (χ2n) is 4.77. The molecule has 6 nitrogen and oxygen atoms in total. The van der Waals surface area contributed by atoms with E-state index in [4.69, 9.17) is 5.26 Å². The minimum absolute atomic E-state index is 0.0340. The van der Waals surface area contributed by atoms with Gasteiger partial charge < -0.3 is 5.11 Å². The molecule has 0 atom stereocenters. The predicted octanol–water partition coefficient (Wildman–Crippen LogP) is 2.63. The van der Waals surface area contributed by atoms with E-state index in [-0.39, 0.29) is 16.8 Å². The predicted molar refractivity (Wildman–Crippen MR) is 73.1 cm³/mol. The van der Waals surface area contributed by atoms with Crippen molar-refractivity contribution >= 4 is 11.0 Å². The van der Waals surface area contributed by atoms with Crippen molar-refractivity contribution in [1.29, 1.82) is 5.26 Å². The molecule has 0 amide bonds. The Kier molecular flexibility index (Phi) is 3.18. The maximum atomic E-state index is 12.9. The molecule has 2 heterocycles. The summed E-state index contributed by atoms with van der Waals surface area (Å²) < 4.78 is 40.2. The highest BCUT2D eigenvalue weighted by molar-refractivity contribution is 5.93. The number of phenolic OH excluding ortho intramolecular Hbond substituents is 1. The molecular formula is C14H8F3N5O. The fourth-order valence-corrected chi connectivity index (χ4v) is 2.29. The molecule has 0 spiro atoms. The summed E-state index contributed by atoms with van der Waals surface area (Å²) >= 11 is 0. The first kappa shape index (κ1) is 14.8. The van der Waals surface area contributed by atoms with Gasteiger partial charge in [-0.25, -0.2) is 9.67 Å². The average molecular weight is 319 g/mol. The lowest BCUT2D eigenvalue weighted by Crippen LogP contribution is -2.05. The minimum Gasteiger partial charge on any atom is -0.507 e. The molecule has 1 aromatic carbocycles. The van der Waals surface area contributed by atoms with Crippen LogP contribution in [0.3, 0.4) is 0 Å². The number of nitriles is 1. The van der Waals surface area contributed by atoms with Gasteiger partial charge in [-0.1, -0.05) is 11.3 Å². The van der Waals surface area contributed by atoms with Gasteiger partial charge in [-0.3, -0.25) is 0 Å². The Balaban J connectivity index is 2.31. The monoisotopic (exact) mass is 319 g/mol. The number of benzene rings is 1. The summed E-state index contributed by atoms with van der Waals surface area (Å²) in [6.07, 6.45) is -3.40. The van der Waals surface area contributed by atoms with Crippen LogP contribution in [0.5, 0.6) is 5.75 Å². The fourth-order valence-electron chi connectivity index (χ4n) is 2.29. The maximum Gasteiger partial charge on any atom is 0.419 e. The van der Waals surface area contributed by atoms with Crippen LogP contribution < -0.4 is 0 Å². The molecule has 0 aliphatic heterocycles. The Morgan fingerprint density at radius 1 is 1.30 bits per heavy atom. The molecule has 0 radical (unpaired) electrons. The Bertz CT molecular complexity index is 955. The first-order valence-electron chi connectivity index (χ1n) is 6.32. The van der Waals surface area contributed by atoms with E-state index in [1.165, 1.54) is 16.9 Å². The van der Waals surface area contributed by atoms with E-state index < -0.39 is 17.5 Å². The molecule has 0 saturated heterocycles. The van der Waals surface area contributed by atoms with E-state index in [0.29, 0.717) is 11.1 Å². The Morgan fingerprint density at radius 2 is 2.04 bits per heavy atom. The van der Waals surface area contributed by atoms with Crippen molar-refractivity contribution in [2.75, 3.05) is 0 Å². The van der Waals surface area contributed by atoms with Crippen LogP contribution in [-0.2, 0) is 13.2 Å². The van der Waals surface area contributed by atoms with E-state index in [9.17, 15) is 18.3 Å². The summed E-state index contributed by atoms with van der Waals surface area (Å²) in [5.41, 5.74) is -0.0154. The third-order valence-corrected chi connectivity index (χ3v) is 3.35. The Morgan fingerprint density at radius 3 is 2.70 bits per heavy atom. The minimum atomic E-state index is -4.69. The number of pyridine rings is 1. The highest BCUT2D eigenvalue weighted by Gasteiger charge is 2.34. The summed E-state index contributed by atoms with van der Waals surface area (Å²) in [5, 5.41) is 26.0. The zero-order valence-corrected chi connectivity index (χ0v) is 11.6. The largest absolute Gasteiger partial charge is 0.507 e. The molecule has 0 unspecified atom stereocenters. The number of nitrogens with zero attached hydrogens (tertiary/aromatic N) is 5. The molecule has 0 bridgehead atoms. The molecule has 23 heavy (non-hydrogen) atoms. The molecule has 3 rings (SSSR count). The van der Waals surface area contributed by atoms with Gasteiger partial charge in [-0.2, -0.15) is 18.4 Å². The van der Waals surface area contributed by atoms with Crippen LogP contribution in [0.2, 0.25) is 0 Å². The van der Waals surface area contributed by atoms with Crippen molar-refractivity contribution in [2.24, 2.45) is 7.05 Å². The van der Waals surface area contributed by atoms with Gasteiger partial charge in [0.1, 0.15) is 22.9 Å². The normalized spacial score (nSPS) is 11.6. The van der Waals surface area contributed by atoms with Crippen molar-refractivity contribution < 1.29 is 18.3 Å². The van der Waals surface area contributed by atoms with Gasteiger partial charge in [0, 0.05) is 18.8 Å². The molecule has 0 saturated carbocycles. The second-order valence-corrected chi connectivity index (χ2v) is 4.77. The summed E-state index contributed by atoms with van der Waals surface area (Å²) in [6, 6.07) is 4.98. The van der Waals surface area contributed by atoms with Crippen molar-refractivity contribution in [3.8, 4) is 22.9 Å². The summed E-state index contributed by atoms with van der Waals surface area (Å²) in [6.45, 7) is 0. The van der Waals surface area contributed by atoms with Crippen LogP contribution >= 0.6 is 0 Å². The van der Waals surface area contributed by atoms with Gasteiger partial charge in [0.25, 0.3) is 0 Å². The van der Waals surface area contributed by atoms with Gasteiger partial charge in [0.15, 0.2) is 5.69 Å². The molecule has 9 heteroatoms. The standard InChI is InChI=1S/C14H8F3N5O/c1-22-13-8(6-19-10(5-18)12(13)20-21-22)7-2-3-11(23)9(4-7)14(15,16)17/h2-4,6,23H,1H3. The number of phenols is 1. The molecule has 0 fully saturated rings. The quantitative estimate of drug-likeness (QED) is 0.745. The van der Waals surface area contributed by atoms with E-state index in [1.807, 2.05) is 6.07 Å². The molecule has 116 valence electrons. The number of rotatable bonds is 1. The number of fused-ring (bicyclic) bond motifs is 1. The van der Waals surface area contributed by atoms with Crippen molar-refractivity contribution in [1.82, 2.24) is 20.0 Å². The molecule has 3 aromatic rings. The van der Waals surface area contributed by atoms with E-state index in [1.54, 1.807) is 7.05 Å². The molecule has 0 aliphatic rings. The number of halogens is 3.